The zero-order valence-corrected chi connectivity index (χ0v) is 14.8. The lowest BCUT2D eigenvalue weighted by Crippen LogP contribution is -2.25. The first-order valence-electron chi connectivity index (χ1n) is 7.64. The van der Waals surface area contributed by atoms with Gasteiger partial charge in [-0.3, -0.25) is 14.4 Å². The molecule has 1 aliphatic rings. The van der Waals surface area contributed by atoms with Crippen LogP contribution >= 0.6 is 11.6 Å². The molecule has 7 nitrogen and oxygen atoms in total. The van der Waals surface area contributed by atoms with Crippen molar-refractivity contribution in [3.8, 4) is 0 Å². The SMILES string of the molecule is O=[N+]([O-])c1cc(Cl)ccc1NCc1cccc(N2CCCS2(=O)=O)c1. The highest BCUT2D eigenvalue weighted by atomic mass is 35.5. The molecule has 132 valence electrons. The second-order valence-corrected chi connectivity index (χ2v) is 8.13. The summed E-state index contributed by atoms with van der Waals surface area (Å²) < 4.78 is 25.5. The molecule has 0 radical (unpaired) electrons. The monoisotopic (exact) mass is 381 g/mol. The molecular formula is C16H16ClN3O4S. The number of hydrogen-bond donors (Lipinski definition) is 1. The highest BCUT2D eigenvalue weighted by molar-refractivity contribution is 7.93. The summed E-state index contributed by atoms with van der Waals surface area (Å²) in [5.74, 6) is 0.159. The van der Waals surface area contributed by atoms with Crippen molar-refractivity contribution in [2.75, 3.05) is 21.9 Å². The second kappa shape index (κ2) is 6.89. The molecule has 0 spiro atoms. The summed E-state index contributed by atoms with van der Waals surface area (Å²) in [4.78, 5) is 10.6. The highest BCUT2D eigenvalue weighted by Crippen LogP contribution is 2.29. The standard InChI is InChI=1S/C16H16ClN3O4S/c17-13-5-6-15(16(10-13)20(21)22)18-11-12-3-1-4-14(9-12)19-7-2-8-25(19,23)24/h1,3-6,9-10,18H,2,7-8,11H2. The van der Waals surface area contributed by atoms with E-state index in [0.717, 1.165) is 5.56 Å². The first kappa shape index (κ1) is 17.5. The van der Waals surface area contributed by atoms with Crippen molar-refractivity contribution in [1.29, 1.82) is 0 Å². The molecule has 0 saturated carbocycles. The fourth-order valence-corrected chi connectivity index (χ4v) is 4.48. The fourth-order valence-electron chi connectivity index (χ4n) is 2.75. The van der Waals surface area contributed by atoms with Gasteiger partial charge in [-0.05, 0) is 36.2 Å². The van der Waals surface area contributed by atoms with Gasteiger partial charge in [0.1, 0.15) is 5.69 Å². The van der Waals surface area contributed by atoms with Gasteiger partial charge in [-0.1, -0.05) is 23.7 Å². The summed E-state index contributed by atoms with van der Waals surface area (Å²) in [6.07, 6.45) is 0.613. The van der Waals surface area contributed by atoms with Crippen LogP contribution in [0.15, 0.2) is 42.5 Å². The molecule has 0 atom stereocenters. The molecule has 0 aromatic heterocycles. The van der Waals surface area contributed by atoms with Gasteiger partial charge in [-0.25, -0.2) is 8.42 Å². The molecule has 0 unspecified atom stereocenters. The average Bonchev–Trinajstić information content (AvgIpc) is 2.93. The fraction of sp³-hybridized carbons (Fsp3) is 0.250. The smallest absolute Gasteiger partial charge is 0.293 e. The molecule has 1 N–H and O–H groups in total. The number of hydrogen-bond acceptors (Lipinski definition) is 5. The van der Waals surface area contributed by atoms with E-state index in [9.17, 15) is 18.5 Å². The van der Waals surface area contributed by atoms with E-state index in [4.69, 9.17) is 11.6 Å². The number of nitro groups is 1. The van der Waals surface area contributed by atoms with Crippen LogP contribution in [0.3, 0.4) is 0 Å². The van der Waals surface area contributed by atoms with Gasteiger partial charge in [-0.2, -0.15) is 0 Å². The summed E-state index contributed by atoms with van der Waals surface area (Å²) in [5.41, 5.74) is 1.69. The number of nitrogens with zero attached hydrogens (tertiary/aromatic N) is 2. The Labute approximate surface area is 150 Å². The molecule has 1 heterocycles. The summed E-state index contributed by atoms with van der Waals surface area (Å²) >= 11 is 5.80. The lowest BCUT2D eigenvalue weighted by molar-refractivity contribution is -0.383. The van der Waals surface area contributed by atoms with Gasteiger partial charge in [-0.15, -0.1) is 0 Å². The number of nitrogens with one attached hydrogen (secondary N) is 1. The predicted octanol–water partition coefficient (Wildman–Crippen LogP) is 3.40. The number of nitro benzene ring substituents is 1. The van der Waals surface area contributed by atoms with Crippen LogP contribution in [0.4, 0.5) is 17.1 Å². The molecular weight excluding hydrogens is 366 g/mol. The number of sulfonamides is 1. The van der Waals surface area contributed by atoms with E-state index in [0.29, 0.717) is 35.9 Å². The van der Waals surface area contributed by atoms with Gasteiger partial charge in [0.15, 0.2) is 0 Å². The largest absolute Gasteiger partial charge is 0.375 e. The third-order valence-electron chi connectivity index (χ3n) is 3.94. The predicted molar refractivity (Wildman–Crippen MR) is 97.6 cm³/mol. The first-order chi connectivity index (χ1) is 11.9. The van der Waals surface area contributed by atoms with Crippen LogP contribution in [0.2, 0.25) is 5.02 Å². The van der Waals surface area contributed by atoms with Crippen LogP contribution < -0.4 is 9.62 Å². The van der Waals surface area contributed by atoms with E-state index in [1.807, 2.05) is 6.07 Å². The molecule has 25 heavy (non-hydrogen) atoms. The van der Waals surface area contributed by atoms with Gasteiger partial charge >= 0.3 is 0 Å². The van der Waals surface area contributed by atoms with Gasteiger partial charge in [0.25, 0.3) is 5.69 Å². The molecule has 0 bridgehead atoms. The lowest BCUT2D eigenvalue weighted by Gasteiger charge is -2.18. The minimum Gasteiger partial charge on any atom is -0.375 e. The number of anilines is 2. The summed E-state index contributed by atoms with van der Waals surface area (Å²) in [5, 5.41) is 14.4. The van der Waals surface area contributed by atoms with Crippen molar-refractivity contribution in [2.45, 2.75) is 13.0 Å². The van der Waals surface area contributed by atoms with Crippen LogP contribution in [0, 0.1) is 10.1 Å². The lowest BCUT2D eigenvalue weighted by atomic mass is 10.2. The maximum atomic E-state index is 12.0. The molecule has 3 rings (SSSR count). The Morgan fingerprint density at radius 1 is 1.24 bits per heavy atom. The molecule has 2 aromatic rings. The van der Waals surface area contributed by atoms with E-state index in [1.165, 1.54) is 10.4 Å². The van der Waals surface area contributed by atoms with Crippen molar-refractivity contribution >= 4 is 38.7 Å². The zero-order chi connectivity index (χ0) is 18.0. The molecule has 2 aromatic carbocycles. The Balaban J connectivity index is 1.79. The Kier molecular flexibility index (Phi) is 4.82. The summed E-state index contributed by atoms with van der Waals surface area (Å²) in [6, 6.07) is 11.5. The number of benzene rings is 2. The minimum atomic E-state index is -3.24. The molecule has 0 aliphatic carbocycles. The minimum absolute atomic E-state index is 0.106. The van der Waals surface area contributed by atoms with Crippen molar-refractivity contribution in [1.82, 2.24) is 0 Å². The zero-order valence-electron chi connectivity index (χ0n) is 13.2. The Morgan fingerprint density at radius 2 is 2.04 bits per heavy atom. The Morgan fingerprint density at radius 3 is 2.72 bits per heavy atom. The second-order valence-electron chi connectivity index (χ2n) is 5.68. The molecule has 1 aliphatic heterocycles. The Bertz CT molecular complexity index is 917. The van der Waals surface area contributed by atoms with Gasteiger partial charge < -0.3 is 5.32 Å². The third-order valence-corrected chi connectivity index (χ3v) is 6.04. The van der Waals surface area contributed by atoms with E-state index in [-0.39, 0.29) is 11.4 Å². The van der Waals surface area contributed by atoms with E-state index >= 15 is 0 Å². The van der Waals surface area contributed by atoms with Crippen molar-refractivity contribution in [3.63, 3.8) is 0 Å². The third kappa shape index (κ3) is 3.85. The van der Waals surface area contributed by atoms with E-state index in [1.54, 1.807) is 30.3 Å². The molecule has 0 amide bonds. The average molecular weight is 382 g/mol. The summed E-state index contributed by atoms with van der Waals surface area (Å²) in [6.45, 7) is 0.798. The van der Waals surface area contributed by atoms with Gasteiger partial charge in [0.05, 0.1) is 16.4 Å². The maximum absolute atomic E-state index is 12.0. The van der Waals surface area contributed by atoms with Crippen LogP contribution in [-0.2, 0) is 16.6 Å². The normalized spacial score (nSPS) is 16.0. The quantitative estimate of drug-likeness (QED) is 0.633. The van der Waals surface area contributed by atoms with Crippen LogP contribution in [0.25, 0.3) is 0 Å². The molecule has 1 fully saturated rings. The van der Waals surface area contributed by atoms with Crippen molar-refractivity contribution < 1.29 is 13.3 Å². The van der Waals surface area contributed by atoms with Crippen molar-refractivity contribution in [2.24, 2.45) is 0 Å². The number of rotatable bonds is 5. The van der Waals surface area contributed by atoms with Gasteiger partial charge in [0, 0.05) is 24.2 Å². The van der Waals surface area contributed by atoms with Crippen LogP contribution in [0.5, 0.6) is 0 Å². The molecule has 1 saturated heterocycles. The van der Waals surface area contributed by atoms with Crippen LogP contribution in [0.1, 0.15) is 12.0 Å². The van der Waals surface area contributed by atoms with E-state index < -0.39 is 14.9 Å². The highest BCUT2D eigenvalue weighted by Gasteiger charge is 2.28. The van der Waals surface area contributed by atoms with E-state index in [2.05, 4.69) is 5.32 Å². The molecule has 9 heteroatoms. The van der Waals surface area contributed by atoms with Gasteiger partial charge in [0.2, 0.25) is 10.0 Å². The summed E-state index contributed by atoms with van der Waals surface area (Å²) in [7, 11) is -3.24. The Hall–Kier alpha value is -2.32. The maximum Gasteiger partial charge on any atom is 0.293 e. The van der Waals surface area contributed by atoms with Crippen LogP contribution in [-0.4, -0.2) is 25.6 Å². The number of halogens is 1. The first-order valence-corrected chi connectivity index (χ1v) is 9.63. The topological polar surface area (TPSA) is 92.6 Å². The van der Waals surface area contributed by atoms with Crippen molar-refractivity contribution in [3.05, 3.63) is 63.2 Å².